The summed E-state index contributed by atoms with van der Waals surface area (Å²) in [5, 5.41) is 4.82. The lowest BCUT2D eigenvalue weighted by Gasteiger charge is -2.16. The van der Waals surface area contributed by atoms with Crippen LogP contribution in [0.3, 0.4) is 0 Å². The third-order valence-electron chi connectivity index (χ3n) is 2.28. The van der Waals surface area contributed by atoms with Crippen LogP contribution >= 0.6 is 0 Å². The van der Waals surface area contributed by atoms with Crippen molar-refractivity contribution in [2.45, 2.75) is 33.1 Å². The lowest BCUT2D eigenvalue weighted by Crippen LogP contribution is -2.46. The van der Waals surface area contributed by atoms with E-state index < -0.39 is 30.3 Å². The maximum absolute atomic E-state index is 11.5. The van der Waals surface area contributed by atoms with Gasteiger partial charge in [0.05, 0.1) is 6.54 Å². The van der Waals surface area contributed by atoms with E-state index in [1.165, 1.54) is 21.0 Å². The van der Waals surface area contributed by atoms with Crippen molar-refractivity contribution in [3.63, 3.8) is 0 Å². The molecule has 8 nitrogen and oxygen atoms in total. The zero-order valence-corrected chi connectivity index (χ0v) is 12.7. The largest absolute Gasteiger partial charge is 0.460 e. The Balaban J connectivity index is 3.90. The third kappa shape index (κ3) is 8.64. The number of ether oxygens (including phenoxy) is 3. The van der Waals surface area contributed by atoms with Crippen molar-refractivity contribution in [3.05, 3.63) is 12.2 Å². The van der Waals surface area contributed by atoms with Gasteiger partial charge >= 0.3 is 18.0 Å². The number of rotatable bonds is 8. The molecule has 0 aliphatic carbocycles. The molecule has 0 aliphatic heterocycles. The van der Waals surface area contributed by atoms with Gasteiger partial charge in [0.2, 0.25) is 0 Å². The minimum Gasteiger partial charge on any atom is -0.460 e. The van der Waals surface area contributed by atoms with Crippen molar-refractivity contribution >= 4 is 18.0 Å². The Hall–Kier alpha value is -2.09. The summed E-state index contributed by atoms with van der Waals surface area (Å²) in [6.07, 6.45) is -0.689. The molecule has 0 aromatic carbocycles. The van der Waals surface area contributed by atoms with Crippen LogP contribution in [-0.4, -0.2) is 50.6 Å². The van der Waals surface area contributed by atoms with E-state index in [2.05, 4.69) is 17.2 Å². The number of amides is 2. The summed E-state index contributed by atoms with van der Waals surface area (Å²) in [6, 6.07) is -1.41. The smallest absolute Gasteiger partial charge is 0.333 e. The summed E-state index contributed by atoms with van der Waals surface area (Å²) < 4.78 is 14.4. The predicted octanol–water partition coefficient (Wildman–Crippen LogP) is 0.329. The highest BCUT2D eigenvalue weighted by atomic mass is 16.7. The van der Waals surface area contributed by atoms with Crippen LogP contribution in [0.4, 0.5) is 4.79 Å². The van der Waals surface area contributed by atoms with Crippen LogP contribution in [0.1, 0.15) is 20.8 Å². The van der Waals surface area contributed by atoms with Crippen molar-refractivity contribution in [2.75, 3.05) is 20.3 Å². The van der Waals surface area contributed by atoms with E-state index in [9.17, 15) is 14.4 Å². The van der Waals surface area contributed by atoms with Crippen molar-refractivity contribution in [1.82, 2.24) is 10.6 Å². The molecule has 0 saturated carbocycles. The minimum atomic E-state index is -0.833. The molecule has 0 rings (SSSR count). The van der Waals surface area contributed by atoms with Gasteiger partial charge in [-0.3, -0.25) is 0 Å². The molecule has 8 heteroatoms. The van der Waals surface area contributed by atoms with Crippen LogP contribution in [0, 0.1) is 0 Å². The standard InChI is InChI=1S/C13H22N2O6/c1-8(2)11(16)20-7-6-14-13(18)15-9(3)12(17)21-10(4)19-5/h9-10H,1,6-7H2,2-5H3,(H2,14,15,18). The van der Waals surface area contributed by atoms with Gasteiger partial charge in [-0.25, -0.2) is 14.4 Å². The number of nitrogens with one attached hydrogen (secondary N) is 2. The van der Waals surface area contributed by atoms with E-state index in [0.717, 1.165) is 0 Å². The van der Waals surface area contributed by atoms with Gasteiger partial charge in [-0.1, -0.05) is 6.58 Å². The van der Waals surface area contributed by atoms with Crippen LogP contribution < -0.4 is 10.6 Å². The van der Waals surface area contributed by atoms with E-state index in [0.29, 0.717) is 0 Å². The Morgan fingerprint density at radius 3 is 2.38 bits per heavy atom. The second-order valence-electron chi connectivity index (χ2n) is 4.28. The summed E-state index contributed by atoms with van der Waals surface area (Å²) in [4.78, 5) is 34.1. The number of urea groups is 1. The maximum atomic E-state index is 11.5. The Kier molecular flexibility index (Phi) is 8.79. The molecule has 0 spiro atoms. The third-order valence-corrected chi connectivity index (χ3v) is 2.28. The molecular formula is C13H22N2O6. The average molecular weight is 302 g/mol. The summed E-state index contributed by atoms with van der Waals surface area (Å²) >= 11 is 0. The highest BCUT2D eigenvalue weighted by Gasteiger charge is 2.19. The van der Waals surface area contributed by atoms with E-state index in [-0.39, 0.29) is 18.7 Å². The molecule has 0 aromatic rings. The first kappa shape index (κ1) is 18.9. The fraction of sp³-hybridized carbons (Fsp3) is 0.615. The first-order valence-corrected chi connectivity index (χ1v) is 6.38. The summed E-state index contributed by atoms with van der Waals surface area (Å²) in [7, 11) is 1.40. The van der Waals surface area contributed by atoms with Gasteiger partial charge in [-0.2, -0.15) is 0 Å². The monoisotopic (exact) mass is 302 g/mol. The number of carbonyl (C=O) groups excluding carboxylic acids is 3. The Bertz CT molecular complexity index is 396. The molecule has 0 bridgehead atoms. The Morgan fingerprint density at radius 1 is 1.24 bits per heavy atom. The fourth-order valence-electron chi connectivity index (χ4n) is 1.05. The molecule has 0 heterocycles. The van der Waals surface area contributed by atoms with Gasteiger partial charge in [0.25, 0.3) is 0 Å². The second kappa shape index (κ2) is 9.76. The zero-order chi connectivity index (χ0) is 16.4. The number of methoxy groups -OCH3 is 1. The van der Waals surface area contributed by atoms with E-state index in [1.54, 1.807) is 6.92 Å². The van der Waals surface area contributed by atoms with E-state index >= 15 is 0 Å². The molecule has 0 aromatic heterocycles. The summed E-state index contributed by atoms with van der Waals surface area (Å²) in [5.41, 5.74) is 0.281. The van der Waals surface area contributed by atoms with Gasteiger partial charge in [-0.05, 0) is 20.8 Å². The van der Waals surface area contributed by atoms with Crippen molar-refractivity contribution < 1.29 is 28.6 Å². The lowest BCUT2D eigenvalue weighted by molar-refractivity contribution is -0.171. The van der Waals surface area contributed by atoms with E-state index in [1.807, 2.05) is 0 Å². The van der Waals surface area contributed by atoms with Crippen molar-refractivity contribution in [3.8, 4) is 0 Å². The van der Waals surface area contributed by atoms with Gasteiger partial charge in [0, 0.05) is 12.7 Å². The highest BCUT2D eigenvalue weighted by molar-refractivity contribution is 5.87. The molecule has 2 N–H and O–H groups in total. The van der Waals surface area contributed by atoms with Gasteiger partial charge < -0.3 is 24.8 Å². The van der Waals surface area contributed by atoms with Crippen molar-refractivity contribution in [1.29, 1.82) is 0 Å². The van der Waals surface area contributed by atoms with Crippen LogP contribution in [0.25, 0.3) is 0 Å². The molecule has 0 fully saturated rings. The van der Waals surface area contributed by atoms with Crippen LogP contribution in [0.15, 0.2) is 12.2 Å². The average Bonchev–Trinajstić information content (AvgIpc) is 2.42. The van der Waals surface area contributed by atoms with Gasteiger partial charge in [0.15, 0.2) is 6.29 Å². The number of hydrogen-bond donors (Lipinski definition) is 2. The molecule has 120 valence electrons. The van der Waals surface area contributed by atoms with Crippen molar-refractivity contribution in [2.24, 2.45) is 0 Å². The second-order valence-corrected chi connectivity index (χ2v) is 4.28. The predicted molar refractivity (Wildman–Crippen MR) is 74.3 cm³/mol. The Labute approximate surface area is 123 Å². The zero-order valence-electron chi connectivity index (χ0n) is 12.7. The topological polar surface area (TPSA) is 103 Å². The molecule has 21 heavy (non-hydrogen) atoms. The Morgan fingerprint density at radius 2 is 1.86 bits per heavy atom. The summed E-state index contributed by atoms with van der Waals surface area (Å²) in [5.74, 6) is -1.14. The minimum absolute atomic E-state index is 0.0125. The van der Waals surface area contributed by atoms with E-state index in [4.69, 9.17) is 14.2 Å². The molecular weight excluding hydrogens is 280 g/mol. The molecule has 0 saturated heterocycles. The molecule has 0 radical (unpaired) electrons. The van der Waals surface area contributed by atoms with Crippen LogP contribution in [0.5, 0.6) is 0 Å². The highest BCUT2D eigenvalue weighted by Crippen LogP contribution is 1.95. The van der Waals surface area contributed by atoms with Crippen LogP contribution in [-0.2, 0) is 23.8 Å². The van der Waals surface area contributed by atoms with Gasteiger partial charge in [-0.15, -0.1) is 0 Å². The first-order chi connectivity index (χ1) is 9.77. The molecule has 2 amide bonds. The number of hydrogen-bond acceptors (Lipinski definition) is 6. The molecule has 0 aliphatic rings. The molecule has 2 atom stereocenters. The van der Waals surface area contributed by atoms with Crippen LogP contribution in [0.2, 0.25) is 0 Å². The first-order valence-electron chi connectivity index (χ1n) is 6.38. The normalized spacial score (nSPS) is 12.8. The SMILES string of the molecule is C=C(C)C(=O)OCCNC(=O)NC(C)C(=O)OC(C)OC. The number of carbonyl (C=O) groups is 3. The summed E-state index contributed by atoms with van der Waals surface area (Å²) in [6.45, 7) is 8.11. The molecule has 2 unspecified atom stereocenters. The van der Waals surface area contributed by atoms with Gasteiger partial charge in [0.1, 0.15) is 12.6 Å². The lowest BCUT2D eigenvalue weighted by atomic mass is 10.3. The fourth-order valence-corrected chi connectivity index (χ4v) is 1.05. The quantitative estimate of drug-likeness (QED) is 0.290. The maximum Gasteiger partial charge on any atom is 0.333 e. The number of esters is 2.